The molecule has 0 spiro atoms. The molecule has 0 aromatic carbocycles. The summed E-state index contributed by atoms with van der Waals surface area (Å²) >= 11 is 1.05. The highest BCUT2D eigenvalue weighted by atomic mass is 32.2. The Hall–Kier alpha value is -0.760. The molecule has 1 rings (SSSR count). The summed E-state index contributed by atoms with van der Waals surface area (Å²) in [4.78, 5) is 0. The number of rotatable bonds is 5. The third-order valence-corrected chi connectivity index (χ3v) is 2.88. The van der Waals surface area contributed by atoms with Crippen LogP contribution in [0.5, 0.6) is 0 Å². The van der Waals surface area contributed by atoms with Crippen LogP contribution in [0.15, 0.2) is 5.16 Å². The van der Waals surface area contributed by atoms with E-state index in [1.54, 1.807) is 4.57 Å². The van der Waals surface area contributed by atoms with Crippen molar-refractivity contribution in [3.63, 3.8) is 0 Å². The van der Waals surface area contributed by atoms with Crippen LogP contribution in [-0.4, -0.2) is 26.7 Å². The Balaban J connectivity index is 2.57. The zero-order valence-corrected chi connectivity index (χ0v) is 9.61. The Morgan fingerprint density at radius 1 is 1.38 bits per heavy atom. The van der Waals surface area contributed by atoms with Gasteiger partial charge in [-0.15, -0.1) is 10.2 Å². The maximum absolute atomic E-state index is 11.9. The molecule has 0 atom stereocenters. The number of nitrogens with zero attached hydrogens (tertiary/aromatic N) is 3. The third kappa shape index (κ3) is 3.67. The molecule has 0 fully saturated rings. The molecule has 2 N–H and O–H groups in total. The number of halogens is 3. The van der Waals surface area contributed by atoms with Gasteiger partial charge in [0.05, 0.1) is 13.0 Å². The van der Waals surface area contributed by atoms with Gasteiger partial charge < -0.3 is 10.3 Å². The lowest BCUT2D eigenvalue weighted by molar-refractivity contribution is -0.129. The van der Waals surface area contributed by atoms with Crippen LogP contribution in [-0.2, 0) is 13.1 Å². The molecular formula is C8H13F3N4S. The third-order valence-electron chi connectivity index (χ3n) is 1.91. The lowest BCUT2D eigenvalue weighted by Gasteiger charge is -2.07. The monoisotopic (exact) mass is 254 g/mol. The molecule has 0 aliphatic heterocycles. The molecule has 16 heavy (non-hydrogen) atoms. The predicted molar refractivity (Wildman–Crippen MR) is 55.0 cm³/mol. The summed E-state index contributed by atoms with van der Waals surface area (Å²) < 4.78 is 37.5. The minimum Gasteiger partial charge on any atom is -0.324 e. The Bertz CT molecular complexity index is 337. The highest BCUT2D eigenvalue weighted by molar-refractivity contribution is 7.99. The normalized spacial score (nSPS) is 12.1. The van der Waals surface area contributed by atoms with Gasteiger partial charge in [0.25, 0.3) is 0 Å². The molecule has 0 aliphatic rings. The fourth-order valence-electron chi connectivity index (χ4n) is 1.15. The second kappa shape index (κ2) is 5.53. The fraction of sp³-hybridized carbons (Fsp3) is 0.750. The number of hydrogen-bond donors (Lipinski definition) is 1. The van der Waals surface area contributed by atoms with Crippen LogP contribution in [0.3, 0.4) is 0 Å². The van der Waals surface area contributed by atoms with E-state index in [1.807, 2.05) is 6.92 Å². The standard InChI is InChI=1S/C8H13F3N4S/c1-2-15-6(5-12)13-14-7(15)16-4-3-8(9,10)11/h2-5,12H2,1H3. The SMILES string of the molecule is CCn1c(CN)nnc1SCCC(F)(F)F. The molecule has 1 aromatic rings. The van der Waals surface area contributed by atoms with E-state index >= 15 is 0 Å². The van der Waals surface area contributed by atoms with Gasteiger partial charge in [-0.2, -0.15) is 13.2 Å². The number of hydrogen-bond acceptors (Lipinski definition) is 4. The van der Waals surface area contributed by atoms with Gasteiger partial charge in [-0.05, 0) is 6.92 Å². The summed E-state index contributed by atoms with van der Waals surface area (Å²) in [5.41, 5.74) is 5.42. The number of aromatic nitrogens is 3. The Morgan fingerprint density at radius 2 is 2.06 bits per heavy atom. The summed E-state index contributed by atoms with van der Waals surface area (Å²) in [5.74, 6) is 0.545. The largest absolute Gasteiger partial charge is 0.389 e. The quantitative estimate of drug-likeness (QED) is 0.814. The molecule has 8 heteroatoms. The fourth-order valence-corrected chi connectivity index (χ4v) is 2.16. The smallest absolute Gasteiger partial charge is 0.324 e. The molecular weight excluding hydrogens is 241 g/mol. The van der Waals surface area contributed by atoms with E-state index in [1.165, 1.54) is 0 Å². The highest BCUT2D eigenvalue weighted by Gasteiger charge is 2.26. The Labute approximate surface area is 95.4 Å². The van der Waals surface area contributed by atoms with Gasteiger partial charge in [-0.1, -0.05) is 11.8 Å². The van der Waals surface area contributed by atoms with Gasteiger partial charge in [0.2, 0.25) is 0 Å². The van der Waals surface area contributed by atoms with Crippen LogP contribution in [0.2, 0.25) is 0 Å². The zero-order valence-electron chi connectivity index (χ0n) is 8.79. The van der Waals surface area contributed by atoms with E-state index in [0.717, 1.165) is 11.8 Å². The summed E-state index contributed by atoms with van der Waals surface area (Å²) in [6, 6.07) is 0. The topological polar surface area (TPSA) is 56.7 Å². The Morgan fingerprint density at radius 3 is 2.56 bits per heavy atom. The van der Waals surface area contributed by atoms with Crippen molar-refractivity contribution in [1.29, 1.82) is 0 Å². The maximum atomic E-state index is 11.9. The minimum atomic E-state index is -4.12. The van der Waals surface area contributed by atoms with Gasteiger partial charge >= 0.3 is 6.18 Å². The van der Waals surface area contributed by atoms with Gasteiger partial charge in [0.1, 0.15) is 5.82 Å². The van der Waals surface area contributed by atoms with Gasteiger partial charge in [0.15, 0.2) is 5.16 Å². The van der Waals surface area contributed by atoms with Crippen LogP contribution in [0.4, 0.5) is 13.2 Å². The van der Waals surface area contributed by atoms with Gasteiger partial charge in [0, 0.05) is 12.3 Å². The predicted octanol–water partition coefficient (Wildman–Crippen LogP) is 1.80. The highest BCUT2D eigenvalue weighted by Crippen LogP contribution is 2.25. The molecule has 0 amide bonds. The molecule has 0 aliphatic carbocycles. The van der Waals surface area contributed by atoms with Crippen LogP contribution in [0, 0.1) is 0 Å². The first-order valence-corrected chi connectivity index (χ1v) is 5.78. The van der Waals surface area contributed by atoms with Crippen LogP contribution < -0.4 is 5.73 Å². The van der Waals surface area contributed by atoms with Crippen LogP contribution in [0.25, 0.3) is 0 Å². The average molecular weight is 254 g/mol. The molecule has 0 unspecified atom stereocenters. The van der Waals surface area contributed by atoms with Crippen molar-refractivity contribution in [2.45, 2.75) is 37.8 Å². The second-order valence-corrected chi connectivity index (χ2v) is 4.12. The molecule has 0 radical (unpaired) electrons. The van der Waals surface area contributed by atoms with Crippen molar-refractivity contribution in [3.8, 4) is 0 Å². The lowest BCUT2D eigenvalue weighted by atomic mass is 10.5. The molecule has 0 saturated carbocycles. The zero-order chi connectivity index (χ0) is 12.2. The van der Waals surface area contributed by atoms with E-state index in [4.69, 9.17) is 5.73 Å². The maximum Gasteiger partial charge on any atom is 0.389 e. The van der Waals surface area contributed by atoms with Gasteiger partial charge in [-0.3, -0.25) is 0 Å². The van der Waals surface area contributed by atoms with E-state index in [-0.39, 0.29) is 12.3 Å². The molecule has 1 heterocycles. The molecule has 0 bridgehead atoms. The van der Waals surface area contributed by atoms with E-state index in [9.17, 15) is 13.2 Å². The van der Waals surface area contributed by atoms with Crippen molar-refractivity contribution >= 4 is 11.8 Å². The lowest BCUT2D eigenvalue weighted by Crippen LogP contribution is -2.10. The minimum absolute atomic E-state index is 0.0494. The van der Waals surface area contributed by atoms with Crippen LogP contribution >= 0.6 is 11.8 Å². The van der Waals surface area contributed by atoms with E-state index < -0.39 is 12.6 Å². The van der Waals surface area contributed by atoms with Crippen molar-refractivity contribution in [1.82, 2.24) is 14.8 Å². The first-order valence-electron chi connectivity index (χ1n) is 4.79. The van der Waals surface area contributed by atoms with Crippen molar-refractivity contribution in [2.75, 3.05) is 5.75 Å². The van der Waals surface area contributed by atoms with Crippen molar-refractivity contribution in [3.05, 3.63) is 5.82 Å². The molecule has 4 nitrogen and oxygen atoms in total. The van der Waals surface area contributed by atoms with Crippen LogP contribution in [0.1, 0.15) is 19.2 Å². The molecule has 0 saturated heterocycles. The first-order chi connectivity index (χ1) is 7.48. The summed E-state index contributed by atoms with van der Waals surface area (Å²) in [5, 5.41) is 8.11. The number of thioether (sulfide) groups is 1. The summed E-state index contributed by atoms with van der Waals surface area (Å²) in [6.45, 7) is 2.71. The van der Waals surface area contributed by atoms with Gasteiger partial charge in [-0.25, -0.2) is 0 Å². The number of nitrogens with two attached hydrogens (primary N) is 1. The number of alkyl halides is 3. The van der Waals surface area contributed by atoms with Crippen molar-refractivity contribution in [2.24, 2.45) is 5.73 Å². The summed E-state index contributed by atoms with van der Waals surface area (Å²) in [6.07, 6.45) is -4.95. The molecule has 92 valence electrons. The second-order valence-electron chi connectivity index (χ2n) is 3.06. The summed E-state index contributed by atoms with van der Waals surface area (Å²) in [7, 11) is 0. The van der Waals surface area contributed by atoms with Crippen molar-refractivity contribution < 1.29 is 13.2 Å². The Kier molecular flexibility index (Phi) is 4.60. The van der Waals surface area contributed by atoms with E-state index in [0.29, 0.717) is 17.5 Å². The van der Waals surface area contributed by atoms with E-state index in [2.05, 4.69) is 10.2 Å². The molecule has 1 aromatic heterocycles. The first kappa shape index (κ1) is 13.3. The average Bonchev–Trinajstić information content (AvgIpc) is 2.58.